The van der Waals surface area contributed by atoms with Gasteiger partial charge in [-0.1, -0.05) is 6.07 Å². The van der Waals surface area contributed by atoms with E-state index in [0.29, 0.717) is 43.0 Å². The van der Waals surface area contributed by atoms with Gasteiger partial charge in [-0.05, 0) is 55.9 Å². The molecule has 1 aromatic heterocycles. The first-order valence-electron chi connectivity index (χ1n) is 11.9. The topological polar surface area (TPSA) is 90.5 Å². The lowest BCUT2D eigenvalue weighted by molar-refractivity contribution is -0.137. The molecule has 0 spiro atoms. The molecular weight excluding hydrogens is 497 g/mol. The Morgan fingerprint density at radius 1 is 0.974 bits per heavy atom. The zero-order chi connectivity index (χ0) is 27.3. The summed E-state index contributed by atoms with van der Waals surface area (Å²) in [5.41, 5.74) is 1.26. The Labute approximate surface area is 218 Å². The normalized spacial score (nSPS) is 14.5. The number of nitrogens with zero attached hydrogens (tertiary/aromatic N) is 4. The van der Waals surface area contributed by atoms with Crippen LogP contribution in [-0.2, 0) is 11.0 Å². The zero-order valence-corrected chi connectivity index (χ0v) is 20.9. The Bertz CT molecular complexity index is 1340. The molecule has 2 aromatic carbocycles. The van der Waals surface area contributed by atoms with Gasteiger partial charge in [0, 0.05) is 72.8 Å². The number of carbonyl (C=O) groups is 2. The maximum atomic E-state index is 13.9. The fourth-order valence-electron chi connectivity index (χ4n) is 4.01. The first-order valence-corrected chi connectivity index (χ1v) is 11.9. The second-order valence-corrected chi connectivity index (χ2v) is 9.00. The lowest BCUT2D eigenvalue weighted by Crippen LogP contribution is -2.45. The van der Waals surface area contributed by atoms with Crippen LogP contribution in [0.5, 0.6) is 0 Å². The third-order valence-electron chi connectivity index (χ3n) is 6.17. The number of hydrogen-bond acceptors (Lipinski definition) is 6. The molecule has 2 amide bonds. The molecule has 1 aliphatic rings. The van der Waals surface area contributed by atoms with Crippen molar-refractivity contribution in [2.24, 2.45) is 0 Å². The standard InChI is InChI=1S/C27H27F3N6O2/c1-18-3-5-20(13-23(18)34-25(37)8-4-19-15-31-17-32-16-19)26(38)33-21-6-7-24(22(14-21)27(28,29)30)36-11-9-35(2)10-12-36/h3-8,13-17H,9-12H2,1-2H3,(H,33,38)(H,34,37)/b8-4+. The Morgan fingerprint density at radius 2 is 1.68 bits per heavy atom. The van der Waals surface area contributed by atoms with Crippen molar-refractivity contribution in [3.05, 3.63) is 83.4 Å². The maximum absolute atomic E-state index is 13.9. The molecule has 11 heteroatoms. The van der Waals surface area contributed by atoms with Gasteiger partial charge in [-0.2, -0.15) is 13.2 Å². The van der Waals surface area contributed by atoms with E-state index in [1.54, 1.807) is 42.4 Å². The highest BCUT2D eigenvalue weighted by Gasteiger charge is 2.36. The second kappa shape index (κ2) is 11.4. The number of halogens is 3. The van der Waals surface area contributed by atoms with Crippen LogP contribution in [0.3, 0.4) is 0 Å². The second-order valence-electron chi connectivity index (χ2n) is 9.00. The van der Waals surface area contributed by atoms with Gasteiger partial charge in [0.1, 0.15) is 6.33 Å². The van der Waals surface area contributed by atoms with E-state index in [1.165, 1.54) is 30.6 Å². The first-order chi connectivity index (χ1) is 18.1. The van der Waals surface area contributed by atoms with Crippen LogP contribution in [0.1, 0.15) is 27.0 Å². The average molecular weight is 525 g/mol. The lowest BCUT2D eigenvalue weighted by atomic mass is 10.1. The lowest BCUT2D eigenvalue weighted by Gasteiger charge is -2.35. The molecule has 0 aliphatic carbocycles. The van der Waals surface area contributed by atoms with Gasteiger partial charge in [0.25, 0.3) is 5.91 Å². The molecule has 0 unspecified atom stereocenters. The predicted molar refractivity (Wildman–Crippen MR) is 140 cm³/mol. The minimum Gasteiger partial charge on any atom is -0.368 e. The highest BCUT2D eigenvalue weighted by molar-refractivity contribution is 6.07. The van der Waals surface area contributed by atoms with E-state index >= 15 is 0 Å². The third kappa shape index (κ3) is 6.74. The van der Waals surface area contributed by atoms with Gasteiger partial charge in [0.2, 0.25) is 5.91 Å². The molecule has 0 saturated carbocycles. The van der Waals surface area contributed by atoms with E-state index < -0.39 is 23.6 Å². The number of nitrogens with one attached hydrogen (secondary N) is 2. The summed E-state index contributed by atoms with van der Waals surface area (Å²) in [5.74, 6) is -1.03. The van der Waals surface area contributed by atoms with Crippen LogP contribution < -0.4 is 15.5 Å². The minimum atomic E-state index is -4.58. The molecule has 38 heavy (non-hydrogen) atoms. The Kier molecular flexibility index (Phi) is 8.06. The molecule has 3 aromatic rings. The number of piperazine rings is 1. The molecular formula is C27H27F3N6O2. The van der Waals surface area contributed by atoms with Gasteiger partial charge >= 0.3 is 6.18 Å². The van der Waals surface area contributed by atoms with Crippen molar-refractivity contribution >= 4 is 35.0 Å². The molecule has 4 rings (SSSR count). The van der Waals surface area contributed by atoms with Crippen molar-refractivity contribution in [3.63, 3.8) is 0 Å². The number of rotatable bonds is 6. The fraction of sp³-hybridized carbons (Fsp3) is 0.259. The summed E-state index contributed by atoms with van der Waals surface area (Å²) in [5, 5.41) is 5.26. The number of alkyl halides is 3. The van der Waals surface area contributed by atoms with Gasteiger partial charge in [0.15, 0.2) is 0 Å². The van der Waals surface area contributed by atoms with E-state index in [0.717, 1.165) is 6.07 Å². The number of aryl methyl sites for hydroxylation is 1. The van der Waals surface area contributed by atoms with E-state index in [1.807, 2.05) is 7.05 Å². The quantitative estimate of drug-likeness (QED) is 0.463. The number of amides is 2. The Balaban J connectivity index is 1.49. The summed E-state index contributed by atoms with van der Waals surface area (Å²) >= 11 is 0. The van der Waals surface area contributed by atoms with Crippen LogP contribution in [0.4, 0.5) is 30.2 Å². The molecule has 0 atom stereocenters. The third-order valence-corrected chi connectivity index (χ3v) is 6.17. The van der Waals surface area contributed by atoms with Crippen LogP contribution in [-0.4, -0.2) is 59.9 Å². The molecule has 1 aliphatic heterocycles. The highest BCUT2D eigenvalue weighted by atomic mass is 19.4. The summed E-state index contributed by atoms with van der Waals surface area (Å²) in [4.78, 5) is 36.8. The van der Waals surface area contributed by atoms with E-state index in [2.05, 4.69) is 25.5 Å². The zero-order valence-electron chi connectivity index (χ0n) is 20.9. The largest absolute Gasteiger partial charge is 0.418 e. The molecule has 8 nitrogen and oxygen atoms in total. The summed E-state index contributed by atoms with van der Waals surface area (Å²) in [7, 11) is 1.93. The van der Waals surface area contributed by atoms with Crippen molar-refractivity contribution in [2.45, 2.75) is 13.1 Å². The highest BCUT2D eigenvalue weighted by Crippen LogP contribution is 2.38. The number of hydrogen-bond donors (Lipinski definition) is 2. The van der Waals surface area contributed by atoms with Crippen LogP contribution in [0.15, 0.2) is 61.2 Å². The number of likely N-dealkylation sites (N-methyl/N-ethyl adjacent to an activating group) is 1. The number of benzene rings is 2. The van der Waals surface area contributed by atoms with Crippen LogP contribution in [0, 0.1) is 6.92 Å². The smallest absolute Gasteiger partial charge is 0.368 e. The molecule has 1 fully saturated rings. The molecule has 2 heterocycles. The monoisotopic (exact) mass is 524 g/mol. The molecule has 0 radical (unpaired) electrons. The molecule has 0 bridgehead atoms. The summed E-state index contributed by atoms with van der Waals surface area (Å²) in [6, 6.07) is 8.49. The number of carbonyl (C=O) groups excluding carboxylic acids is 2. The van der Waals surface area contributed by atoms with Crippen molar-refractivity contribution in [1.29, 1.82) is 0 Å². The van der Waals surface area contributed by atoms with Crippen molar-refractivity contribution in [1.82, 2.24) is 14.9 Å². The Hall–Kier alpha value is -4.25. The van der Waals surface area contributed by atoms with E-state index in [-0.39, 0.29) is 16.9 Å². The minimum absolute atomic E-state index is 0.0272. The first kappa shape index (κ1) is 26.8. The van der Waals surface area contributed by atoms with Gasteiger partial charge in [-0.3, -0.25) is 9.59 Å². The van der Waals surface area contributed by atoms with Crippen LogP contribution in [0.2, 0.25) is 0 Å². The van der Waals surface area contributed by atoms with E-state index in [4.69, 9.17) is 0 Å². The van der Waals surface area contributed by atoms with Crippen molar-refractivity contribution < 1.29 is 22.8 Å². The molecule has 2 N–H and O–H groups in total. The van der Waals surface area contributed by atoms with Gasteiger partial charge in [-0.25, -0.2) is 9.97 Å². The van der Waals surface area contributed by atoms with Crippen molar-refractivity contribution in [2.75, 3.05) is 48.8 Å². The molecule has 198 valence electrons. The number of aromatic nitrogens is 2. The SMILES string of the molecule is Cc1ccc(C(=O)Nc2ccc(N3CCN(C)CC3)c(C(F)(F)F)c2)cc1NC(=O)/C=C/c1cncnc1. The number of anilines is 3. The maximum Gasteiger partial charge on any atom is 0.418 e. The van der Waals surface area contributed by atoms with Crippen LogP contribution in [0.25, 0.3) is 6.08 Å². The van der Waals surface area contributed by atoms with Crippen LogP contribution >= 0.6 is 0 Å². The van der Waals surface area contributed by atoms with E-state index in [9.17, 15) is 22.8 Å². The average Bonchev–Trinajstić information content (AvgIpc) is 2.89. The fourth-order valence-corrected chi connectivity index (χ4v) is 4.01. The summed E-state index contributed by atoms with van der Waals surface area (Å²) < 4.78 is 41.7. The molecule has 1 saturated heterocycles. The summed E-state index contributed by atoms with van der Waals surface area (Å²) in [6.45, 7) is 4.06. The van der Waals surface area contributed by atoms with Gasteiger partial charge in [-0.15, -0.1) is 0 Å². The van der Waals surface area contributed by atoms with Gasteiger partial charge < -0.3 is 20.4 Å². The summed E-state index contributed by atoms with van der Waals surface area (Å²) in [6.07, 6.45) is 2.75. The predicted octanol–water partition coefficient (Wildman–Crippen LogP) is 4.46. The Morgan fingerprint density at radius 3 is 2.37 bits per heavy atom. The van der Waals surface area contributed by atoms with Gasteiger partial charge in [0.05, 0.1) is 5.56 Å². The van der Waals surface area contributed by atoms with Crippen molar-refractivity contribution in [3.8, 4) is 0 Å².